The lowest BCUT2D eigenvalue weighted by molar-refractivity contribution is -0.143. The summed E-state index contributed by atoms with van der Waals surface area (Å²) in [5.41, 5.74) is -1.39. The standard InChI is InChI=1S/C33H26Cl2F5IN2O6/c1-49-18-10-12(9-17(41)27(18)44)20-14-7-8-15-19(29(46)42(28(15)45)13-5-3-2-4-6-13)16(14)11-32(34)30(47)43(31(48)33(20,32)35)26-24(39)22(37)21(36)23(38)25(26)40/h7,9-10,13,15-16,19-20,44H,2-6,8,11H2,1H3. The number of aromatic hydroxyl groups is 1. The van der Waals surface area contributed by atoms with Gasteiger partial charge in [0.25, 0.3) is 11.8 Å². The van der Waals surface area contributed by atoms with Crippen molar-refractivity contribution in [3.8, 4) is 11.5 Å². The zero-order valence-corrected chi connectivity index (χ0v) is 29.1. The predicted octanol–water partition coefficient (Wildman–Crippen LogP) is 6.60. The molecule has 2 heterocycles. The third kappa shape index (κ3) is 4.50. The number of methoxy groups -OCH3 is 1. The Hall–Kier alpha value is -2.98. The van der Waals surface area contributed by atoms with Crippen LogP contribution in [0.4, 0.5) is 27.6 Å². The van der Waals surface area contributed by atoms with Gasteiger partial charge in [0.05, 0.1) is 22.5 Å². The Balaban J connectivity index is 1.44. The first-order valence-electron chi connectivity index (χ1n) is 15.5. The van der Waals surface area contributed by atoms with Crippen LogP contribution in [-0.4, -0.2) is 56.5 Å². The zero-order valence-electron chi connectivity index (χ0n) is 25.5. The number of imide groups is 2. The van der Waals surface area contributed by atoms with Crippen molar-refractivity contribution < 1.29 is 51.0 Å². The molecule has 0 radical (unpaired) electrons. The van der Waals surface area contributed by atoms with E-state index in [1.165, 1.54) is 24.1 Å². The average molecular weight is 839 g/mol. The summed E-state index contributed by atoms with van der Waals surface area (Å²) in [6.45, 7) is 0. The Labute approximate surface area is 299 Å². The summed E-state index contributed by atoms with van der Waals surface area (Å²) in [6, 6.07) is 2.41. The second-order valence-electron chi connectivity index (χ2n) is 13.1. The van der Waals surface area contributed by atoms with Gasteiger partial charge in [-0.15, -0.1) is 23.2 Å². The maximum Gasteiger partial charge on any atom is 0.258 e. The third-order valence-corrected chi connectivity index (χ3v) is 13.0. The second-order valence-corrected chi connectivity index (χ2v) is 15.5. The minimum absolute atomic E-state index is 0.0544. The molecule has 2 saturated carbocycles. The third-order valence-electron chi connectivity index (χ3n) is 10.8. The fraction of sp³-hybridized carbons (Fsp3) is 0.455. The molecule has 4 fully saturated rings. The number of carbonyl (C=O) groups is 4. The maximum atomic E-state index is 15.2. The lowest BCUT2D eigenvalue weighted by Crippen LogP contribution is -2.60. The molecule has 6 unspecified atom stereocenters. The number of anilines is 1. The van der Waals surface area contributed by atoms with Crippen molar-refractivity contribution in [3.63, 3.8) is 0 Å². The van der Waals surface area contributed by atoms with Crippen molar-refractivity contribution in [2.75, 3.05) is 12.0 Å². The van der Waals surface area contributed by atoms with Crippen molar-refractivity contribution in [3.05, 3.63) is 62.0 Å². The lowest BCUT2D eigenvalue weighted by Gasteiger charge is -2.50. The summed E-state index contributed by atoms with van der Waals surface area (Å²) in [5.74, 6) is -20.9. The Bertz CT molecular complexity index is 1880. The zero-order chi connectivity index (χ0) is 35.5. The van der Waals surface area contributed by atoms with E-state index in [0.29, 0.717) is 18.4 Å². The van der Waals surface area contributed by atoms with Crippen LogP contribution in [0.25, 0.3) is 0 Å². The summed E-state index contributed by atoms with van der Waals surface area (Å²) in [4.78, 5) is 52.5. The van der Waals surface area contributed by atoms with Gasteiger partial charge in [0.1, 0.15) is 5.69 Å². The van der Waals surface area contributed by atoms with Gasteiger partial charge >= 0.3 is 0 Å². The number of nitrogens with zero attached hydrogens (tertiary/aromatic N) is 2. The van der Waals surface area contributed by atoms with Crippen LogP contribution in [0.2, 0.25) is 0 Å². The van der Waals surface area contributed by atoms with Gasteiger partial charge in [0.2, 0.25) is 17.6 Å². The Kier molecular flexibility index (Phi) is 8.29. The van der Waals surface area contributed by atoms with Crippen LogP contribution in [0.1, 0.15) is 56.4 Å². The van der Waals surface area contributed by atoms with Crippen LogP contribution < -0.4 is 9.64 Å². The number of hydrogen-bond donors (Lipinski definition) is 1. The number of hydrogen-bond acceptors (Lipinski definition) is 6. The van der Waals surface area contributed by atoms with Crippen LogP contribution in [0, 0.1) is 50.4 Å². The van der Waals surface area contributed by atoms with E-state index in [1.807, 2.05) is 0 Å². The molecule has 4 amide bonds. The number of alkyl halides is 2. The molecule has 0 spiro atoms. The number of likely N-dealkylation sites (tertiary alicyclic amines) is 1. The fourth-order valence-electron chi connectivity index (χ4n) is 8.58. The van der Waals surface area contributed by atoms with Crippen LogP contribution in [0.5, 0.6) is 11.5 Å². The highest BCUT2D eigenvalue weighted by molar-refractivity contribution is 14.1. The molecule has 2 aliphatic heterocycles. The summed E-state index contributed by atoms with van der Waals surface area (Å²) in [6.07, 6.45) is 4.99. The van der Waals surface area contributed by atoms with Gasteiger partial charge < -0.3 is 9.84 Å². The monoisotopic (exact) mass is 838 g/mol. The predicted molar refractivity (Wildman–Crippen MR) is 173 cm³/mol. The largest absolute Gasteiger partial charge is 0.504 e. The van der Waals surface area contributed by atoms with Crippen LogP contribution in [0.15, 0.2) is 23.8 Å². The van der Waals surface area contributed by atoms with Crippen LogP contribution in [-0.2, 0) is 19.2 Å². The molecule has 2 aromatic rings. The lowest BCUT2D eigenvalue weighted by atomic mass is 9.56. The number of ether oxygens (including phenoxy) is 1. The number of allylic oxidation sites excluding steroid dienone is 2. The maximum absolute atomic E-state index is 15.2. The van der Waals surface area contributed by atoms with Crippen LogP contribution >= 0.6 is 45.8 Å². The van der Waals surface area contributed by atoms with E-state index < -0.39 is 92.3 Å². The van der Waals surface area contributed by atoms with Gasteiger partial charge in [0, 0.05) is 12.0 Å². The summed E-state index contributed by atoms with van der Waals surface area (Å²) < 4.78 is 78.9. The molecular formula is C33H26Cl2F5IN2O6. The second kappa shape index (κ2) is 11.8. The number of rotatable bonds is 4. The molecule has 8 nitrogen and oxygen atoms in total. The molecule has 1 N–H and O–H groups in total. The molecule has 260 valence electrons. The van der Waals surface area contributed by atoms with E-state index in [4.69, 9.17) is 27.9 Å². The Morgan fingerprint density at radius 2 is 1.49 bits per heavy atom. The van der Waals surface area contributed by atoms with E-state index in [2.05, 4.69) is 0 Å². The number of fused-ring (bicyclic) bond motifs is 4. The highest BCUT2D eigenvalue weighted by atomic mass is 127. The number of carbonyl (C=O) groups excluding carboxylic acids is 4. The molecule has 7 rings (SSSR count). The number of benzene rings is 2. The molecule has 49 heavy (non-hydrogen) atoms. The molecule has 2 aromatic carbocycles. The van der Waals surface area contributed by atoms with Gasteiger partial charge in [-0.05, 0) is 71.9 Å². The molecular weight excluding hydrogens is 813 g/mol. The molecule has 5 aliphatic rings. The topological polar surface area (TPSA) is 104 Å². The summed E-state index contributed by atoms with van der Waals surface area (Å²) >= 11 is 16.1. The van der Waals surface area contributed by atoms with Gasteiger partial charge in [-0.2, -0.15) is 0 Å². The normalized spacial score (nSPS) is 31.6. The average Bonchev–Trinajstić information content (AvgIpc) is 3.42. The summed E-state index contributed by atoms with van der Waals surface area (Å²) in [5, 5.41) is 10.6. The minimum Gasteiger partial charge on any atom is -0.504 e. The molecule has 2 saturated heterocycles. The smallest absolute Gasteiger partial charge is 0.258 e. The molecule has 3 aliphatic carbocycles. The molecule has 0 bridgehead atoms. The van der Waals surface area contributed by atoms with Crippen LogP contribution in [0.3, 0.4) is 0 Å². The van der Waals surface area contributed by atoms with Crippen molar-refractivity contribution in [2.24, 2.45) is 17.8 Å². The first kappa shape index (κ1) is 34.5. The van der Waals surface area contributed by atoms with E-state index >= 15 is 8.78 Å². The highest BCUT2D eigenvalue weighted by Crippen LogP contribution is 2.66. The van der Waals surface area contributed by atoms with E-state index in [-0.39, 0.29) is 43.9 Å². The van der Waals surface area contributed by atoms with E-state index in [1.54, 1.807) is 28.7 Å². The number of amides is 4. The quantitative estimate of drug-likeness (QED) is 0.0709. The highest BCUT2D eigenvalue weighted by Gasteiger charge is 2.77. The van der Waals surface area contributed by atoms with Crippen molar-refractivity contribution in [1.29, 1.82) is 0 Å². The van der Waals surface area contributed by atoms with Crippen molar-refractivity contribution >= 4 is 75.1 Å². The number of halogens is 8. The first-order valence-corrected chi connectivity index (χ1v) is 17.4. The van der Waals surface area contributed by atoms with Gasteiger partial charge in [-0.25, -0.2) is 26.9 Å². The van der Waals surface area contributed by atoms with Gasteiger partial charge in [-0.1, -0.05) is 30.9 Å². The Morgan fingerprint density at radius 3 is 2.10 bits per heavy atom. The molecule has 16 heteroatoms. The minimum atomic E-state index is -2.67. The SMILES string of the molecule is COc1cc(C2C3=CCC4C(=O)N(C5CCCCC5)C(=O)C4C3CC3(Cl)C(=O)N(c4c(F)c(F)c(F)c(F)c4F)C(=O)C23Cl)cc(I)c1O. The summed E-state index contributed by atoms with van der Waals surface area (Å²) in [7, 11) is 1.25. The van der Waals surface area contributed by atoms with Gasteiger partial charge in [-0.3, -0.25) is 24.1 Å². The fourth-order valence-corrected chi connectivity index (χ4v) is 10.1. The Morgan fingerprint density at radius 1 is 0.878 bits per heavy atom. The first-order chi connectivity index (χ1) is 23.1. The van der Waals surface area contributed by atoms with E-state index in [9.17, 15) is 37.5 Å². The van der Waals surface area contributed by atoms with Gasteiger partial charge in [0.15, 0.2) is 44.5 Å². The number of phenols is 1. The van der Waals surface area contributed by atoms with E-state index in [0.717, 1.165) is 19.3 Å². The van der Waals surface area contributed by atoms with Crippen molar-refractivity contribution in [2.45, 2.75) is 66.7 Å². The molecule has 6 atom stereocenters. The molecule has 0 aromatic heterocycles. The number of phenolic OH excluding ortho intramolecular Hbond substituents is 1. The van der Waals surface area contributed by atoms with Crippen molar-refractivity contribution in [1.82, 2.24) is 4.90 Å².